The molecule has 0 atom stereocenters. The molecule has 1 aromatic heterocycles. The Morgan fingerprint density at radius 3 is 2.64 bits per heavy atom. The van der Waals surface area contributed by atoms with E-state index in [4.69, 9.17) is 0 Å². The predicted molar refractivity (Wildman–Crippen MR) is 87.8 cm³/mol. The fourth-order valence-electron chi connectivity index (χ4n) is 1.59. The number of rotatable bonds is 5. The minimum atomic E-state index is -3.61. The summed E-state index contributed by atoms with van der Waals surface area (Å²) in [5.74, 6) is -0.364. The van der Waals surface area contributed by atoms with E-state index in [1.165, 1.54) is 23.5 Å². The number of aromatic nitrogens is 1. The van der Waals surface area contributed by atoms with Gasteiger partial charge in [0.2, 0.25) is 15.9 Å². The Morgan fingerprint density at radius 1 is 1.36 bits per heavy atom. The van der Waals surface area contributed by atoms with Gasteiger partial charge in [-0.05, 0) is 24.3 Å². The molecule has 1 aromatic carbocycles. The molecular weight excluding hydrogens is 390 g/mol. The van der Waals surface area contributed by atoms with Gasteiger partial charge in [-0.2, -0.15) is 4.99 Å². The minimum absolute atomic E-state index is 0.00760. The number of hydrogen-bond acceptors (Lipinski definition) is 4. The summed E-state index contributed by atoms with van der Waals surface area (Å²) in [5, 5.41) is 1.82. The Hall–Kier alpha value is -1.29. The highest BCUT2D eigenvalue weighted by Gasteiger charge is 2.13. The number of nitrogens with one attached hydrogen (secondary N) is 1. The molecule has 1 heterocycles. The molecule has 0 radical (unpaired) electrons. The van der Waals surface area contributed by atoms with Crippen molar-refractivity contribution in [3.63, 3.8) is 0 Å². The maximum atomic E-state index is 12.0. The number of amides is 1. The summed E-state index contributed by atoms with van der Waals surface area (Å²) in [6, 6.07) is 6.27. The van der Waals surface area contributed by atoms with Gasteiger partial charge in [0.05, 0.1) is 4.90 Å². The third-order valence-corrected chi connectivity index (χ3v) is 5.59. The number of aryl methyl sites for hydroxylation is 1. The summed E-state index contributed by atoms with van der Waals surface area (Å²) >= 11 is 4.59. The van der Waals surface area contributed by atoms with E-state index in [1.807, 2.05) is 5.38 Å². The van der Waals surface area contributed by atoms with Gasteiger partial charge in [0, 0.05) is 36.1 Å². The largest absolute Gasteiger partial charge is 0.327 e. The van der Waals surface area contributed by atoms with Gasteiger partial charge < -0.3 is 4.57 Å². The van der Waals surface area contributed by atoms with Gasteiger partial charge in [0.15, 0.2) is 4.80 Å². The summed E-state index contributed by atoms with van der Waals surface area (Å²) in [4.78, 5) is 16.4. The summed E-state index contributed by atoms with van der Waals surface area (Å²) in [6.45, 7) is 0.00974. The summed E-state index contributed by atoms with van der Waals surface area (Å²) in [7, 11) is -1.82. The van der Waals surface area contributed by atoms with Crippen molar-refractivity contribution in [1.82, 2.24) is 9.29 Å². The summed E-state index contributed by atoms with van der Waals surface area (Å²) in [6.07, 6.45) is 1.81. The second-order valence-corrected chi connectivity index (χ2v) is 7.96. The van der Waals surface area contributed by atoms with Gasteiger partial charge in [-0.1, -0.05) is 15.9 Å². The first-order valence-electron chi connectivity index (χ1n) is 6.31. The van der Waals surface area contributed by atoms with Gasteiger partial charge in [-0.3, -0.25) is 4.79 Å². The molecule has 0 unspecified atom stereocenters. The quantitative estimate of drug-likeness (QED) is 0.823. The molecule has 0 aliphatic heterocycles. The van der Waals surface area contributed by atoms with E-state index in [1.54, 1.807) is 29.9 Å². The lowest BCUT2D eigenvalue weighted by Crippen LogP contribution is -2.26. The Balaban J connectivity index is 1.94. The lowest BCUT2D eigenvalue weighted by molar-refractivity contribution is -0.117. The molecule has 6 nitrogen and oxygen atoms in total. The van der Waals surface area contributed by atoms with E-state index in [-0.39, 0.29) is 23.8 Å². The van der Waals surface area contributed by atoms with Crippen LogP contribution < -0.4 is 9.52 Å². The molecule has 0 spiro atoms. The van der Waals surface area contributed by atoms with Crippen LogP contribution in [0.3, 0.4) is 0 Å². The molecule has 0 saturated carbocycles. The number of thiazole rings is 1. The molecule has 0 aliphatic carbocycles. The van der Waals surface area contributed by atoms with Crippen molar-refractivity contribution < 1.29 is 13.2 Å². The lowest BCUT2D eigenvalue weighted by Gasteiger charge is -2.05. The zero-order chi connectivity index (χ0) is 16.2. The highest BCUT2D eigenvalue weighted by Crippen LogP contribution is 2.14. The zero-order valence-electron chi connectivity index (χ0n) is 11.7. The van der Waals surface area contributed by atoms with Crippen molar-refractivity contribution in [3.8, 4) is 0 Å². The topological polar surface area (TPSA) is 80.5 Å². The molecule has 9 heteroatoms. The van der Waals surface area contributed by atoms with Crippen molar-refractivity contribution in [1.29, 1.82) is 0 Å². The van der Waals surface area contributed by atoms with Gasteiger partial charge in [-0.15, -0.1) is 11.3 Å². The van der Waals surface area contributed by atoms with Crippen molar-refractivity contribution in [2.75, 3.05) is 6.54 Å². The maximum absolute atomic E-state index is 12.0. The van der Waals surface area contributed by atoms with E-state index in [2.05, 4.69) is 25.6 Å². The predicted octanol–water partition coefficient (Wildman–Crippen LogP) is 1.64. The average Bonchev–Trinajstić information content (AvgIpc) is 2.84. The standard InChI is InChI=1S/C13H14BrN3O3S2/c1-17-8-9-21-13(17)16-12(18)6-7-15-22(19,20)11-4-2-10(14)3-5-11/h2-5,8-9,15H,6-7H2,1H3. The number of halogens is 1. The number of carbonyl (C=O) groups is 1. The average molecular weight is 404 g/mol. The highest BCUT2D eigenvalue weighted by atomic mass is 79.9. The molecule has 118 valence electrons. The lowest BCUT2D eigenvalue weighted by atomic mass is 10.4. The van der Waals surface area contributed by atoms with E-state index in [0.29, 0.717) is 4.80 Å². The van der Waals surface area contributed by atoms with Crippen LogP contribution in [-0.4, -0.2) is 25.4 Å². The first-order valence-corrected chi connectivity index (χ1v) is 9.47. The first-order chi connectivity index (χ1) is 10.4. The molecule has 0 fully saturated rings. The SMILES string of the molecule is Cn1ccsc1=NC(=O)CCNS(=O)(=O)c1ccc(Br)cc1. The fraction of sp³-hybridized carbons (Fsp3) is 0.231. The fourth-order valence-corrected chi connectivity index (χ4v) is 3.63. The number of benzene rings is 1. The smallest absolute Gasteiger partial charge is 0.249 e. The molecule has 1 amide bonds. The molecule has 0 bridgehead atoms. The van der Waals surface area contributed by atoms with Crippen LogP contribution in [0.2, 0.25) is 0 Å². The van der Waals surface area contributed by atoms with Crippen LogP contribution >= 0.6 is 27.3 Å². The van der Waals surface area contributed by atoms with E-state index in [9.17, 15) is 13.2 Å². The second kappa shape index (κ2) is 7.32. The Bertz CT molecular complexity index is 823. The van der Waals surface area contributed by atoms with Crippen LogP contribution in [0, 0.1) is 0 Å². The van der Waals surface area contributed by atoms with E-state index >= 15 is 0 Å². The Kier molecular flexibility index (Phi) is 5.68. The van der Waals surface area contributed by atoms with Gasteiger partial charge in [0.1, 0.15) is 0 Å². The minimum Gasteiger partial charge on any atom is -0.327 e. The summed E-state index contributed by atoms with van der Waals surface area (Å²) < 4.78 is 29.0. The molecule has 0 saturated heterocycles. The van der Waals surface area contributed by atoms with Crippen LogP contribution in [0.4, 0.5) is 0 Å². The van der Waals surface area contributed by atoms with Crippen LogP contribution in [0.25, 0.3) is 0 Å². The second-order valence-electron chi connectivity index (χ2n) is 4.40. The number of nitrogens with zero attached hydrogens (tertiary/aromatic N) is 2. The molecule has 22 heavy (non-hydrogen) atoms. The van der Waals surface area contributed by atoms with Crippen LogP contribution in [0.5, 0.6) is 0 Å². The van der Waals surface area contributed by atoms with Crippen LogP contribution in [0.15, 0.2) is 50.2 Å². The highest BCUT2D eigenvalue weighted by molar-refractivity contribution is 9.10. The monoisotopic (exact) mass is 403 g/mol. The first kappa shape index (κ1) is 17.1. The van der Waals surface area contributed by atoms with Crippen LogP contribution in [-0.2, 0) is 21.9 Å². The van der Waals surface area contributed by atoms with Gasteiger partial charge >= 0.3 is 0 Å². The van der Waals surface area contributed by atoms with Crippen molar-refractivity contribution in [3.05, 3.63) is 45.1 Å². The zero-order valence-corrected chi connectivity index (χ0v) is 14.9. The number of sulfonamides is 1. The Labute approximate surface area is 140 Å². The van der Waals surface area contributed by atoms with Gasteiger partial charge in [0.25, 0.3) is 0 Å². The third-order valence-electron chi connectivity index (χ3n) is 2.73. The van der Waals surface area contributed by atoms with Crippen molar-refractivity contribution in [2.45, 2.75) is 11.3 Å². The molecule has 2 aromatic rings. The molecule has 2 rings (SSSR count). The van der Waals surface area contributed by atoms with Crippen molar-refractivity contribution in [2.24, 2.45) is 12.0 Å². The molecular formula is C13H14BrN3O3S2. The third kappa shape index (κ3) is 4.60. The van der Waals surface area contributed by atoms with Crippen molar-refractivity contribution >= 4 is 43.2 Å². The number of hydrogen-bond donors (Lipinski definition) is 1. The normalized spacial score (nSPS) is 12.5. The molecule has 0 aliphatic rings. The van der Waals surface area contributed by atoms with Crippen LogP contribution in [0.1, 0.15) is 6.42 Å². The number of carbonyl (C=O) groups excluding carboxylic acids is 1. The van der Waals surface area contributed by atoms with Gasteiger partial charge in [-0.25, -0.2) is 13.1 Å². The summed E-state index contributed by atoms with van der Waals surface area (Å²) in [5.41, 5.74) is 0. The van der Waals surface area contributed by atoms with E-state index in [0.717, 1.165) is 4.47 Å². The Morgan fingerprint density at radius 2 is 2.05 bits per heavy atom. The molecule has 1 N–H and O–H groups in total. The maximum Gasteiger partial charge on any atom is 0.249 e. The van der Waals surface area contributed by atoms with E-state index < -0.39 is 10.0 Å².